The van der Waals surface area contributed by atoms with Gasteiger partial charge in [-0.2, -0.15) is 0 Å². The topological polar surface area (TPSA) is 111 Å². The molecular formula is C13H15N3O5S. The van der Waals surface area contributed by atoms with Crippen LogP contribution in [0.4, 0.5) is 0 Å². The third-order valence-electron chi connectivity index (χ3n) is 2.67. The van der Waals surface area contributed by atoms with E-state index in [9.17, 15) is 13.2 Å². The monoisotopic (exact) mass is 325 g/mol. The van der Waals surface area contributed by atoms with E-state index in [4.69, 9.17) is 9.15 Å². The standard InChI is InChI=1S/C13H15N3O5S/c1-20-8-7-14-12(17)13-16-15-11(21-13)9-22(18,19)10-5-3-2-4-6-10/h2-6H,7-9H2,1H3,(H,14,17). The molecular weight excluding hydrogens is 310 g/mol. The van der Waals surface area contributed by atoms with Gasteiger partial charge in [-0.15, -0.1) is 10.2 Å². The molecule has 1 aromatic heterocycles. The van der Waals surface area contributed by atoms with Gasteiger partial charge in [0.05, 0.1) is 11.5 Å². The molecule has 2 aromatic rings. The lowest BCUT2D eigenvalue weighted by Gasteiger charge is -2.01. The number of carbonyl (C=O) groups is 1. The first kappa shape index (κ1) is 16.1. The average Bonchev–Trinajstić information content (AvgIpc) is 2.96. The van der Waals surface area contributed by atoms with Gasteiger partial charge in [-0.05, 0) is 12.1 Å². The molecule has 0 aliphatic heterocycles. The number of sulfone groups is 1. The lowest BCUT2D eigenvalue weighted by molar-refractivity contribution is 0.0901. The van der Waals surface area contributed by atoms with Crippen LogP contribution in [0.5, 0.6) is 0 Å². The highest BCUT2D eigenvalue weighted by molar-refractivity contribution is 7.90. The molecule has 22 heavy (non-hydrogen) atoms. The maximum atomic E-state index is 12.1. The summed E-state index contributed by atoms with van der Waals surface area (Å²) in [4.78, 5) is 11.8. The fourth-order valence-corrected chi connectivity index (χ4v) is 2.80. The highest BCUT2D eigenvalue weighted by atomic mass is 32.2. The Labute approximate surface area is 127 Å². The van der Waals surface area contributed by atoms with Crippen LogP contribution in [0.3, 0.4) is 0 Å². The molecule has 0 spiro atoms. The predicted octanol–water partition coefficient (Wildman–Crippen LogP) is 0.420. The lowest BCUT2D eigenvalue weighted by Crippen LogP contribution is -2.27. The van der Waals surface area contributed by atoms with Gasteiger partial charge in [-0.3, -0.25) is 4.79 Å². The molecule has 0 atom stereocenters. The van der Waals surface area contributed by atoms with E-state index in [1.165, 1.54) is 19.2 Å². The van der Waals surface area contributed by atoms with E-state index in [2.05, 4.69) is 15.5 Å². The van der Waals surface area contributed by atoms with Crippen molar-refractivity contribution >= 4 is 15.7 Å². The minimum atomic E-state index is -3.59. The molecule has 0 aliphatic rings. The van der Waals surface area contributed by atoms with Crippen molar-refractivity contribution in [3.63, 3.8) is 0 Å². The molecule has 118 valence electrons. The largest absolute Gasteiger partial charge is 0.416 e. The highest BCUT2D eigenvalue weighted by Crippen LogP contribution is 2.15. The van der Waals surface area contributed by atoms with Crippen LogP contribution >= 0.6 is 0 Å². The van der Waals surface area contributed by atoms with E-state index in [-0.39, 0.29) is 23.2 Å². The van der Waals surface area contributed by atoms with Crippen LogP contribution in [0.1, 0.15) is 16.6 Å². The Balaban J connectivity index is 2.04. The van der Waals surface area contributed by atoms with E-state index in [1.807, 2.05) is 0 Å². The summed E-state index contributed by atoms with van der Waals surface area (Å²) in [6.07, 6.45) is 0. The molecule has 1 heterocycles. The third-order valence-corrected chi connectivity index (χ3v) is 4.29. The molecule has 0 bridgehead atoms. The number of hydrogen-bond donors (Lipinski definition) is 1. The Kier molecular flexibility index (Phi) is 5.23. The van der Waals surface area contributed by atoms with Crippen molar-refractivity contribution in [1.29, 1.82) is 0 Å². The van der Waals surface area contributed by atoms with Crippen LogP contribution in [-0.2, 0) is 20.3 Å². The Hall–Kier alpha value is -2.26. The van der Waals surface area contributed by atoms with Crippen molar-refractivity contribution in [2.24, 2.45) is 0 Å². The first-order valence-electron chi connectivity index (χ1n) is 6.40. The Morgan fingerprint density at radius 2 is 2.00 bits per heavy atom. The van der Waals surface area contributed by atoms with Crippen LogP contribution in [0.25, 0.3) is 0 Å². The number of methoxy groups -OCH3 is 1. The van der Waals surface area contributed by atoms with Gasteiger partial charge >= 0.3 is 11.8 Å². The highest BCUT2D eigenvalue weighted by Gasteiger charge is 2.21. The van der Waals surface area contributed by atoms with Crippen molar-refractivity contribution in [3.05, 3.63) is 42.1 Å². The number of amides is 1. The number of rotatable bonds is 7. The molecule has 1 aromatic carbocycles. The van der Waals surface area contributed by atoms with Gasteiger partial charge in [0.2, 0.25) is 5.89 Å². The summed E-state index contributed by atoms with van der Waals surface area (Å²) in [6, 6.07) is 7.91. The van der Waals surface area contributed by atoms with Crippen molar-refractivity contribution in [3.8, 4) is 0 Å². The number of carbonyl (C=O) groups excluding carboxylic acids is 1. The lowest BCUT2D eigenvalue weighted by atomic mass is 10.4. The summed E-state index contributed by atoms with van der Waals surface area (Å²) in [5.74, 6) is -1.46. The summed E-state index contributed by atoms with van der Waals surface area (Å²) in [6.45, 7) is 0.629. The molecule has 9 heteroatoms. The number of nitrogens with zero attached hydrogens (tertiary/aromatic N) is 2. The molecule has 0 aliphatic carbocycles. The zero-order valence-electron chi connectivity index (χ0n) is 11.9. The van der Waals surface area contributed by atoms with E-state index >= 15 is 0 Å². The average molecular weight is 325 g/mol. The molecule has 1 amide bonds. The molecule has 8 nitrogen and oxygen atoms in total. The number of hydrogen-bond acceptors (Lipinski definition) is 7. The van der Waals surface area contributed by atoms with Crippen LogP contribution in [0.15, 0.2) is 39.6 Å². The summed E-state index contributed by atoms with van der Waals surface area (Å²) in [5, 5.41) is 9.63. The summed E-state index contributed by atoms with van der Waals surface area (Å²) < 4.78 is 34.2. The smallest absolute Gasteiger partial charge is 0.308 e. The normalized spacial score (nSPS) is 11.3. The second-order valence-electron chi connectivity index (χ2n) is 4.32. The van der Waals surface area contributed by atoms with Crippen LogP contribution in [0.2, 0.25) is 0 Å². The summed E-state index contributed by atoms with van der Waals surface area (Å²) in [5.41, 5.74) is 0. The van der Waals surface area contributed by atoms with E-state index in [0.29, 0.717) is 6.61 Å². The van der Waals surface area contributed by atoms with Crippen LogP contribution < -0.4 is 5.32 Å². The maximum absolute atomic E-state index is 12.1. The maximum Gasteiger partial charge on any atom is 0.308 e. The second-order valence-corrected chi connectivity index (χ2v) is 6.31. The first-order chi connectivity index (χ1) is 10.5. The van der Waals surface area contributed by atoms with E-state index in [1.54, 1.807) is 18.2 Å². The molecule has 0 saturated heterocycles. The fourth-order valence-electron chi connectivity index (χ4n) is 1.62. The van der Waals surface area contributed by atoms with Gasteiger partial charge in [-0.25, -0.2) is 8.42 Å². The summed E-state index contributed by atoms with van der Waals surface area (Å²) in [7, 11) is -2.09. The molecule has 0 saturated carbocycles. The van der Waals surface area contributed by atoms with Gasteiger partial charge in [-0.1, -0.05) is 18.2 Å². The summed E-state index contributed by atoms with van der Waals surface area (Å²) >= 11 is 0. The fraction of sp³-hybridized carbons (Fsp3) is 0.308. The van der Waals surface area contributed by atoms with Gasteiger partial charge in [0, 0.05) is 13.7 Å². The Bertz CT molecular complexity index is 727. The number of nitrogens with one attached hydrogen (secondary N) is 1. The predicted molar refractivity (Wildman–Crippen MR) is 75.8 cm³/mol. The van der Waals surface area contributed by atoms with E-state index in [0.717, 1.165) is 0 Å². The molecule has 0 radical (unpaired) electrons. The quantitative estimate of drug-likeness (QED) is 0.734. The van der Waals surface area contributed by atoms with E-state index < -0.39 is 21.5 Å². The van der Waals surface area contributed by atoms with Crippen molar-refractivity contribution in [2.45, 2.75) is 10.6 Å². The molecule has 2 rings (SSSR count). The van der Waals surface area contributed by atoms with Gasteiger partial charge in [0.1, 0.15) is 5.75 Å². The molecule has 0 fully saturated rings. The molecule has 0 unspecified atom stereocenters. The first-order valence-corrected chi connectivity index (χ1v) is 8.05. The van der Waals surface area contributed by atoms with Crippen molar-refractivity contribution in [1.82, 2.24) is 15.5 Å². The second kappa shape index (κ2) is 7.14. The van der Waals surface area contributed by atoms with Crippen LogP contribution in [0, 0.1) is 0 Å². The Morgan fingerprint density at radius 3 is 2.68 bits per heavy atom. The SMILES string of the molecule is COCCNC(=O)c1nnc(CS(=O)(=O)c2ccccc2)o1. The zero-order valence-corrected chi connectivity index (χ0v) is 12.7. The molecule has 1 N–H and O–H groups in total. The van der Waals surface area contributed by atoms with Gasteiger partial charge in [0.15, 0.2) is 9.84 Å². The van der Waals surface area contributed by atoms with Crippen molar-refractivity contribution in [2.75, 3.05) is 20.3 Å². The zero-order chi connectivity index (χ0) is 16.0. The third kappa shape index (κ3) is 4.12. The van der Waals surface area contributed by atoms with Crippen LogP contribution in [-0.4, -0.2) is 44.8 Å². The minimum absolute atomic E-state index is 0.138. The number of benzene rings is 1. The van der Waals surface area contributed by atoms with Gasteiger partial charge in [0.25, 0.3) is 0 Å². The van der Waals surface area contributed by atoms with Crippen molar-refractivity contribution < 1.29 is 22.4 Å². The number of aromatic nitrogens is 2. The number of ether oxygens (including phenoxy) is 1. The van der Waals surface area contributed by atoms with Gasteiger partial charge < -0.3 is 14.5 Å². The minimum Gasteiger partial charge on any atom is -0.416 e. The Morgan fingerprint density at radius 1 is 1.27 bits per heavy atom.